The first-order chi connectivity index (χ1) is 9.08. The first kappa shape index (κ1) is 14.3. The van der Waals surface area contributed by atoms with E-state index in [0.717, 1.165) is 31.7 Å². The van der Waals surface area contributed by atoms with E-state index < -0.39 is 0 Å². The summed E-state index contributed by atoms with van der Waals surface area (Å²) in [5.41, 5.74) is 0.989. The molecule has 0 aliphatic carbocycles. The molecule has 19 heavy (non-hydrogen) atoms. The number of halogens is 1. The van der Waals surface area contributed by atoms with Crippen molar-refractivity contribution in [3.63, 3.8) is 0 Å². The number of nitrogens with zero attached hydrogens (tertiary/aromatic N) is 2. The lowest BCUT2D eigenvalue weighted by Crippen LogP contribution is -2.49. The smallest absolute Gasteiger partial charge is 0.125 e. The number of hydrogen-bond donors (Lipinski definition) is 1. The Morgan fingerprint density at radius 3 is 2.89 bits per heavy atom. The molecule has 0 saturated carbocycles. The summed E-state index contributed by atoms with van der Waals surface area (Å²) in [6.45, 7) is 5.16. The maximum atomic E-state index is 13.5. The van der Waals surface area contributed by atoms with E-state index in [0.29, 0.717) is 12.1 Å². The van der Waals surface area contributed by atoms with Gasteiger partial charge >= 0.3 is 0 Å². The molecule has 1 aliphatic heterocycles. The van der Waals surface area contributed by atoms with Crippen LogP contribution in [0.1, 0.15) is 13.3 Å². The molecule has 2 atom stereocenters. The molecule has 1 aromatic carbocycles. The number of hydrogen-bond acceptors (Lipinski definition) is 3. The highest BCUT2D eigenvalue weighted by Gasteiger charge is 2.26. The molecule has 106 valence electrons. The van der Waals surface area contributed by atoms with Crippen LogP contribution in [0.3, 0.4) is 0 Å². The van der Waals surface area contributed by atoms with Crippen molar-refractivity contribution in [1.29, 1.82) is 0 Å². The number of rotatable bonds is 3. The Morgan fingerprint density at radius 2 is 2.21 bits per heavy atom. The van der Waals surface area contributed by atoms with Gasteiger partial charge in [-0.25, -0.2) is 4.39 Å². The van der Waals surface area contributed by atoms with Crippen LogP contribution in [0.5, 0.6) is 0 Å². The third kappa shape index (κ3) is 3.67. The summed E-state index contributed by atoms with van der Waals surface area (Å²) >= 11 is 0. The summed E-state index contributed by atoms with van der Waals surface area (Å²) in [4.78, 5) is 4.56. The third-order valence-corrected chi connectivity index (χ3v) is 3.67. The van der Waals surface area contributed by atoms with Gasteiger partial charge in [0.05, 0.1) is 6.04 Å². The molecule has 0 spiro atoms. The van der Waals surface area contributed by atoms with Crippen molar-refractivity contribution in [2.45, 2.75) is 25.4 Å². The van der Waals surface area contributed by atoms with Crippen LogP contribution in [-0.2, 0) is 0 Å². The molecule has 4 heteroatoms. The Kier molecular flexibility index (Phi) is 4.77. The molecule has 0 bridgehead atoms. The zero-order valence-electron chi connectivity index (χ0n) is 12.1. The molecule has 0 aromatic heterocycles. The topological polar surface area (TPSA) is 18.5 Å². The van der Waals surface area contributed by atoms with Crippen LogP contribution in [0.4, 0.5) is 10.1 Å². The second kappa shape index (κ2) is 6.35. The fourth-order valence-electron chi connectivity index (χ4n) is 2.85. The van der Waals surface area contributed by atoms with Gasteiger partial charge in [-0.1, -0.05) is 6.07 Å². The Hall–Kier alpha value is -1.13. The van der Waals surface area contributed by atoms with Crippen LogP contribution < -0.4 is 10.2 Å². The molecule has 1 N–H and O–H groups in total. The highest BCUT2D eigenvalue weighted by Crippen LogP contribution is 2.24. The summed E-state index contributed by atoms with van der Waals surface area (Å²) in [7, 11) is 4.17. The van der Waals surface area contributed by atoms with Crippen molar-refractivity contribution in [2.75, 3.05) is 38.6 Å². The van der Waals surface area contributed by atoms with Gasteiger partial charge in [0.15, 0.2) is 0 Å². The predicted molar refractivity (Wildman–Crippen MR) is 78.2 cm³/mol. The summed E-state index contributed by atoms with van der Waals surface area (Å²) in [6.07, 6.45) is 1.08. The zero-order valence-corrected chi connectivity index (χ0v) is 12.1. The minimum atomic E-state index is -0.162. The number of likely N-dealkylation sites (N-methyl/N-ethyl adjacent to an activating group) is 1. The average Bonchev–Trinajstić information content (AvgIpc) is 2.50. The average molecular weight is 265 g/mol. The van der Waals surface area contributed by atoms with E-state index in [9.17, 15) is 4.39 Å². The van der Waals surface area contributed by atoms with Gasteiger partial charge in [0.2, 0.25) is 0 Å². The second-order valence-electron chi connectivity index (χ2n) is 5.65. The quantitative estimate of drug-likeness (QED) is 0.901. The largest absolute Gasteiger partial charge is 0.363 e. The van der Waals surface area contributed by atoms with Crippen LogP contribution in [0, 0.1) is 5.82 Å². The Morgan fingerprint density at radius 1 is 1.42 bits per heavy atom. The van der Waals surface area contributed by atoms with Gasteiger partial charge in [0, 0.05) is 24.8 Å². The summed E-state index contributed by atoms with van der Waals surface area (Å²) in [5.74, 6) is -0.162. The Balaban J connectivity index is 2.28. The van der Waals surface area contributed by atoms with Crippen molar-refractivity contribution >= 4 is 5.69 Å². The standard InChI is InChI=1S/C15H24FN3/c1-12-7-8-17-10-15(11-18(2)3)19(12)14-6-4-5-13(16)9-14/h4-6,9,12,15,17H,7-8,10-11H2,1-3H3. The molecule has 0 amide bonds. The van der Waals surface area contributed by atoms with Crippen molar-refractivity contribution < 1.29 is 4.39 Å². The summed E-state index contributed by atoms with van der Waals surface area (Å²) < 4.78 is 13.5. The number of nitrogens with one attached hydrogen (secondary N) is 1. The monoisotopic (exact) mass is 265 g/mol. The minimum absolute atomic E-state index is 0.162. The lowest BCUT2D eigenvalue weighted by molar-refractivity contribution is 0.354. The molecule has 1 fully saturated rings. The molecule has 0 radical (unpaired) electrons. The van der Waals surface area contributed by atoms with Crippen LogP contribution >= 0.6 is 0 Å². The fourth-order valence-corrected chi connectivity index (χ4v) is 2.85. The van der Waals surface area contributed by atoms with E-state index in [1.54, 1.807) is 12.1 Å². The van der Waals surface area contributed by atoms with Crippen LogP contribution in [0.2, 0.25) is 0 Å². The molecular weight excluding hydrogens is 241 g/mol. The second-order valence-corrected chi connectivity index (χ2v) is 5.65. The molecule has 2 unspecified atom stereocenters. The van der Waals surface area contributed by atoms with Gasteiger partial charge in [0.25, 0.3) is 0 Å². The first-order valence-corrected chi connectivity index (χ1v) is 6.97. The van der Waals surface area contributed by atoms with Crippen LogP contribution in [-0.4, -0.2) is 50.7 Å². The maximum absolute atomic E-state index is 13.5. The molecule has 1 aromatic rings. The van der Waals surface area contributed by atoms with Gasteiger partial charge < -0.3 is 15.1 Å². The van der Waals surface area contributed by atoms with Gasteiger partial charge in [-0.15, -0.1) is 0 Å². The molecule has 2 rings (SSSR count). The lowest BCUT2D eigenvalue weighted by Gasteiger charge is -2.38. The van der Waals surface area contributed by atoms with Crippen molar-refractivity contribution in [1.82, 2.24) is 10.2 Å². The fraction of sp³-hybridized carbons (Fsp3) is 0.600. The molecule has 1 heterocycles. The van der Waals surface area contributed by atoms with Crippen molar-refractivity contribution in [3.8, 4) is 0 Å². The van der Waals surface area contributed by atoms with Crippen LogP contribution in [0.15, 0.2) is 24.3 Å². The zero-order chi connectivity index (χ0) is 13.8. The highest BCUT2D eigenvalue weighted by atomic mass is 19.1. The van der Waals surface area contributed by atoms with E-state index in [4.69, 9.17) is 0 Å². The molecule has 3 nitrogen and oxygen atoms in total. The van der Waals surface area contributed by atoms with E-state index >= 15 is 0 Å². The first-order valence-electron chi connectivity index (χ1n) is 6.97. The van der Waals surface area contributed by atoms with Crippen LogP contribution in [0.25, 0.3) is 0 Å². The summed E-state index contributed by atoms with van der Waals surface area (Å²) in [5, 5.41) is 3.49. The van der Waals surface area contributed by atoms with E-state index in [-0.39, 0.29) is 5.82 Å². The van der Waals surface area contributed by atoms with E-state index in [1.807, 2.05) is 6.07 Å². The minimum Gasteiger partial charge on any atom is -0.363 e. The Labute approximate surface area is 115 Å². The summed E-state index contributed by atoms with van der Waals surface area (Å²) in [6, 6.07) is 7.74. The van der Waals surface area contributed by atoms with Gasteiger partial charge in [-0.3, -0.25) is 0 Å². The van der Waals surface area contributed by atoms with Gasteiger partial charge in [-0.2, -0.15) is 0 Å². The third-order valence-electron chi connectivity index (χ3n) is 3.67. The normalized spacial score (nSPS) is 24.6. The Bertz CT molecular complexity index is 408. The predicted octanol–water partition coefficient (Wildman–Crippen LogP) is 1.94. The molecule has 1 saturated heterocycles. The molecular formula is C15H24FN3. The highest BCUT2D eigenvalue weighted by molar-refractivity contribution is 5.49. The van der Waals surface area contributed by atoms with E-state index in [2.05, 4.69) is 36.1 Å². The molecule has 1 aliphatic rings. The van der Waals surface area contributed by atoms with Gasteiger partial charge in [0.1, 0.15) is 5.82 Å². The number of benzene rings is 1. The van der Waals surface area contributed by atoms with Gasteiger partial charge in [-0.05, 0) is 52.2 Å². The van der Waals surface area contributed by atoms with Crippen molar-refractivity contribution in [2.24, 2.45) is 0 Å². The maximum Gasteiger partial charge on any atom is 0.125 e. The van der Waals surface area contributed by atoms with Crippen molar-refractivity contribution in [3.05, 3.63) is 30.1 Å². The van der Waals surface area contributed by atoms with E-state index in [1.165, 1.54) is 6.07 Å². The SMILES string of the molecule is CC1CCNCC(CN(C)C)N1c1cccc(F)c1. The lowest BCUT2D eigenvalue weighted by atomic mass is 10.1. The number of anilines is 1.